The summed E-state index contributed by atoms with van der Waals surface area (Å²) in [5, 5.41) is 2.70. The lowest BCUT2D eigenvalue weighted by atomic mass is 10.1. The number of carbonyl (C=O) groups is 1. The number of hydrogen-bond donors (Lipinski definition) is 1. The third-order valence-electron chi connectivity index (χ3n) is 2.63. The topological polar surface area (TPSA) is 38.3 Å². The van der Waals surface area contributed by atoms with E-state index in [1.165, 1.54) is 11.1 Å². The van der Waals surface area contributed by atoms with Crippen LogP contribution < -0.4 is 5.32 Å². The second-order valence-corrected chi connectivity index (χ2v) is 4.00. The molecule has 0 aliphatic carbocycles. The van der Waals surface area contributed by atoms with Crippen LogP contribution in [0.5, 0.6) is 0 Å². The molecule has 0 saturated carbocycles. The van der Waals surface area contributed by atoms with Gasteiger partial charge in [-0.2, -0.15) is 0 Å². The fourth-order valence-corrected chi connectivity index (χ4v) is 1.09. The summed E-state index contributed by atoms with van der Waals surface area (Å²) in [5.74, 6) is -0.114. The summed E-state index contributed by atoms with van der Waals surface area (Å²) in [5.41, 5.74) is 3.05. The standard InChI is InChI=1S/C15H23NO2/c1-6-12(2)13(3)8-7-10-16-15(17)14(4)9-11-18-5/h6-10H,11H2,1-5H3,(H,16,17)/b10-7+,12-6-,13-8-,14-9+. The van der Waals surface area contributed by atoms with Gasteiger partial charge in [0.2, 0.25) is 0 Å². The van der Waals surface area contributed by atoms with Crippen LogP contribution in [0.15, 0.2) is 47.2 Å². The van der Waals surface area contributed by atoms with Crippen LogP contribution in [0.25, 0.3) is 0 Å². The third kappa shape index (κ3) is 6.86. The van der Waals surface area contributed by atoms with E-state index < -0.39 is 0 Å². The van der Waals surface area contributed by atoms with Gasteiger partial charge >= 0.3 is 0 Å². The highest BCUT2D eigenvalue weighted by Gasteiger charge is 1.99. The van der Waals surface area contributed by atoms with Crippen molar-refractivity contribution >= 4 is 5.91 Å². The zero-order chi connectivity index (χ0) is 14.0. The minimum atomic E-state index is -0.114. The predicted molar refractivity (Wildman–Crippen MR) is 76.1 cm³/mol. The van der Waals surface area contributed by atoms with Crippen molar-refractivity contribution in [2.24, 2.45) is 0 Å². The van der Waals surface area contributed by atoms with Crippen LogP contribution in [-0.4, -0.2) is 19.6 Å². The first-order chi connectivity index (χ1) is 8.52. The molecule has 0 aromatic rings. The number of carbonyl (C=O) groups excluding carboxylic acids is 1. The van der Waals surface area contributed by atoms with Crippen LogP contribution in [0.4, 0.5) is 0 Å². The first-order valence-corrected chi connectivity index (χ1v) is 5.96. The van der Waals surface area contributed by atoms with Crippen LogP contribution in [0, 0.1) is 0 Å². The molecule has 18 heavy (non-hydrogen) atoms. The van der Waals surface area contributed by atoms with Gasteiger partial charge in [-0.1, -0.05) is 23.8 Å². The highest BCUT2D eigenvalue weighted by molar-refractivity contribution is 5.93. The molecule has 0 atom stereocenters. The summed E-state index contributed by atoms with van der Waals surface area (Å²) in [6.45, 7) is 8.29. The number of methoxy groups -OCH3 is 1. The smallest absolute Gasteiger partial charge is 0.250 e. The maximum atomic E-state index is 11.6. The number of nitrogens with one attached hydrogen (secondary N) is 1. The minimum Gasteiger partial charge on any atom is -0.381 e. The van der Waals surface area contributed by atoms with E-state index >= 15 is 0 Å². The van der Waals surface area contributed by atoms with Crippen molar-refractivity contribution in [2.75, 3.05) is 13.7 Å². The fourth-order valence-electron chi connectivity index (χ4n) is 1.09. The Hall–Kier alpha value is -1.61. The van der Waals surface area contributed by atoms with Crippen molar-refractivity contribution < 1.29 is 9.53 Å². The van der Waals surface area contributed by atoms with Crippen LogP contribution in [0.2, 0.25) is 0 Å². The van der Waals surface area contributed by atoms with Gasteiger partial charge in [0.1, 0.15) is 0 Å². The third-order valence-corrected chi connectivity index (χ3v) is 2.63. The van der Waals surface area contributed by atoms with Crippen LogP contribution in [0.1, 0.15) is 27.7 Å². The quantitative estimate of drug-likeness (QED) is 0.580. The Kier molecular flexibility index (Phi) is 8.58. The molecule has 3 nitrogen and oxygen atoms in total. The highest BCUT2D eigenvalue weighted by atomic mass is 16.5. The Bertz CT molecular complexity index is 387. The fraction of sp³-hybridized carbons (Fsp3) is 0.400. The Balaban J connectivity index is 4.30. The van der Waals surface area contributed by atoms with Gasteiger partial charge in [0.25, 0.3) is 5.91 Å². The summed E-state index contributed by atoms with van der Waals surface area (Å²) in [4.78, 5) is 11.6. The van der Waals surface area contributed by atoms with E-state index in [-0.39, 0.29) is 5.91 Å². The molecule has 0 bridgehead atoms. The van der Waals surface area contributed by atoms with Gasteiger partial charge in [0, 0.05) is 18.9 Å². The number of hydrogen-bond acceptors (Lipinski definition) is 2. The highest BCUT2D eigenvalue weighted by Crippen LogP contribution is 2.06. The van der Waals surface area contributed by atoms with Gasteiger partial charge in [-0.3, -0.25) is 4.79 Å². The molecule has 0 spiro atoms. The Labute approximate surface area is 110 Å². The first-order valence-electron chi connectivity index (χ1n) is 5.96. The normalized spacial score (nSPS) is 14.2. The SMILES string of the molecule is C\C=C(C)/C(C)=C\C=C\NC(=O)/C(C)=C/COC. The summed E-state index contributed by atoms with van der Waals surface area (Å²) in [6, 6.07) is 0. The molecular weight excluding hydrogens is 226 g/mol. The zero-order valence-corrected chi connectivity index (χ0v) is 11.9. The van der Waals surface area contributed by atoms with E-state index in [4.69, 9.17) is 4.74 Å². The molecule has 0 aromatic heterocycles. The minimum absolute atomic E-state index is 0.114. The molecule has 1 N–H and O–H groups in total. The van der Waals surface area contributed by atoms with Gasteiger partial charge in [-0.15, -0.1) is 0 Å². The average Bonchev–Trinajstić information content (AvgIpc) is 2.39. The van der Waals surface area contributed by atoms with E-state index in [1.807, 2.05) is 26.0 Å². The molecule has 0 heterocycles. The zero-order valence-electron chi connectivity index (χ0n) is 11.9. The van der Waals surface area contributed by atoms with Gasteiger partial charge in [0.05, 0.1) is 6.61 Å². The molecule has 0 rings (SSSR count). The molecule has 0 aliphatic rings. The van der Waals surface area contributed by atoms with Gasteiger partial charge in [-0.25, -0.2) is 0 Å². The Morgan fingerprint density at radius 1 is 1.17 bits per heavy atom. The molecule has 0 unspecified atom stereocenters. The van der Waals surface area contributed by atoms with Crippen LogP contribution >= 0.6 is 0 Å². The van der Waals surface area contributed by atoms with Gasteiger partial charge in [0.15, 0.2) is 0 Å². The second-order valence-electron chi connectivity index (χ2n) is 4.00. The van der Waals surface area contributed by atoms with Crippen molar-refractivity contribution in [3.63, 3.8) is 0 Å². The molecule has 1 amide bonds. The molecular formula is C15H23NO2. The number of amides is 1. The molecule has 3 heteroatoms. The van der Waals surface area contributed by atoms with Crippen molar-refractivity contribution in [1.29, 1.82) is 0 Å². The van der Waals surface area contributed by atoms with Crippen LogP contribution in [-0.2, 0) is 9.53 Å². The van der Waals surface area contributed by atoms with E-state index in [1.54, 1.807) is 26.3 Å². The number of allylic oxidation sites excluding steroid dienone is 5. The lowest BCUT2D eigenvalue weighted by Gasteiger charge is -2.00. The summed E-state index contributed by atoms with van der Waals surface area (Å²) in [6.07, 6.45) is 9.22. The van der Waals surface area contributed by atoms with Crippen molar-refractivity contribution in [3.05, 3.63) is 47.2 Å². The van der Waals surface area contributed by atoms with E-state index in [0.29, 0.717) is 12.2 Å². The monoisotopic (exact) mass is 249 g/mol. The lowest BCUT2D eigenvalue weighted by Crippen LogP contribution is -2.18. The Morgan fingerprint density at radius 3 is 2.39 bits per heavy atom. The van der Waals surface area contributed by atoms with Crippen molar-refractivity contribution in [2.45, 2.75) is 27.7 Å². The van der Waals surface area contributed by atoms with Gasteiger partial charge < -0.3 is 10.1 Å². The van der Waals surface area contributed by atoms with E-state index in [9.17, 15) is 4.79 Å². The second kappa shape index (κ2) is 9.42. The molecule has 0 aromatic carbocycles. The lowest BCUT2D eigenvalue weighted by molar-refractivity contribution is -0.116. The first kappa shape index (κ1) is 16.4. The summed E-state index contributed by atoms with van der Waals surface area (Å²) >= 11 is 0. The molecule has 0 radical (unpaired) electrons. The number of rotatable bonds is 6. The van der Waals surface area contributed by atoms with Gasteiger partial charge in [-0.05, 0) is 39.3 Å². The molecule has 0 fully saturated rings. The largest absolute Gasteiger partial charge is 0.381 e. The van der Waals surface area contributed by atoms with E-state index in [2.05, 4.69) is 18.3 Å². The van der Waals surface area contributed by atoms with Crippen molar-refractivity contribution in [1.82, 2.24) is 5.32 Å². The van der Waals surface area contributed by atoms with Crippen molar-refractivity contribution in [3.8, 4) is 0 Å². The summed E-state index contributed by atoms with van der Waals surface area (Å²) in [7, 11) is 1.60. The average molecular weight is 249 g/mol. The van der Waals surface area contributed by atoms with E-state index in [0.717, 1.165) is 0 Å². The maximum absolute atomic E-state index is 11.6. The number of ether oxygens (including phenoxy) is 1. The molecule has 100 valence electrons. The Morgan fingerprint density at radius 2 is 1.83 bits per heavy atom. The van der Waals surface area contributed by atoms with Crippen LogP contribution in [0.3, 0.4) is 0 Å². The summed E-state index contributed by atoms with van der Waals surface area (Å²) < 4.78 is 4.87. The molecule has 0 aliphatic heterocycles. The molecule has 0 saturated heterocycles. The predicted octanol–water partition coefficient (Wildman–Crippen LogP) is 3.12. The maximum Gasteiger partial charge on any atom is 0.250 e.